The molecule has 2 aromatic rings. The Kier molecular flexibility index (Phi) is 2.56. The van der Waals surface area contributed by atoms with Crippen molar-refractivity contribution in [1.82, 2.24) is 0 Å². The highest BCUT2D eigenvalue weighted by molar-refractivity contribution is 5.97. The Morgan fingerprint density at radius 3 is 2.88 bits per heavy atom. The van der Waals surface area contributed by atoms with Gasteiger partial charge in [-0.25, -0.2) is 0 Å². The van der Waals surface area contributed by atoms with E-state index in [9.17, 15) is 4.79 Å². The number of carbonyl (C=O) groups is 1. The topological polar surface area (TPSA) is 30.2 Å². The molecule has 0 aliphatic heterocycles. The van der Waals surface area contributed by atoms with Crippen molar-refractivity contribution in [3.8, 4) is 0 Å². The molecule has 0 N–H and O–H groups in total. The first kappa shape index (κ1) is 10.3. The third-order valence-corrected chi connectivity index (χ3v) is 3.37. The molecular weight excluding hydrogens is 212 g/mol. The molecule has 2 heteroatoms. The van der Waals surface area contributed by atoms with E-state index in [2.05, 4.69) is 12.1 Å². The molecular formula is C15H14O2. The normalized spacial score (nSPS) is 13.6. The first-order valence-corrected chi connectivity index (χ1v) is 5.99. The molecule has 17 heavy (non-hydrogen) atoms. The third kappa shape index (κ3) is 2.03. The van der Waals surface area contributed by atoms with Crippen molar-refractivity contribution in [2.24, 2.45) is 0 Å². The highest BCUT2D eigenvalue weighted by atomic mass is 16.3. The summed E-state index contributed by atoms with van der Waals surface area (Å²) >= 11 is 0. The van der Waals surface area contributed by atoms with Gasteiger partial charge in [0, 0.05) is 12.0 Å². The third-order valence-electron chi connectivity index (χ3n) is 3.37. The van der Waals surface area contributed by atoms with E-state index < -0.39 is 0 Å². The Morgan fingerprint density at radius 1 is 1.18 bits per heavy atom. The molecule has 0 spiro atoms. The predicted molar refractivity (Wildman–Crippen MR) is 65.2 cm³/mol. The maximum Gasteiger partial charge on any atom is 0.167 e. The molecule has 0 unspecified atom stereocenters. The first-order valence-electron chi connectivity index (χ1n) is 5.99. The number of aryl methyl sites for hydroxylation is 2. The van der Waals surface area contributed by atoms with Gasteiger partial charge in [0.05, 0.1) is 12.5 Å². The number of rotatable bonds is 3. The van der Waals surface area contributed by atoms with Crippen molar-refractivity contribution >= 4 is 5.78 Å². The van der Waals surface area contributed by atoms with Crippen LogP contribution in [0.3, 0.4) is 0 Å². The Morgan fingerprint density at radius 2 is 2.06 bits per heavy atom. The largest absolute Gasteiger partial charge is 0.472 e. The zero-order valence-electron chi connectivity index (χ0n) is 9.61. The molecule has 0 saturated carbocycles. The highest BCUT2D eigenvalue weighted by Crippen LogP contribution is 2.23. The van der Waals surface area contributed by atoms with Crippen molar-refractivity contribution in [3.63, 3.8) is 0 Å². The number of hydrogen-bond donors (Lipinski definition) is 0. The van der Waals surface area contributed by atoms with Gasteiger partial charge in [0.1, 0.15) is 0 Å². The molecule has 1 aromatic carbocycles. The van der Waals surface area contributed by atoms with Crippen LogP contribution in [0.5, 0.6) is 0 Å². The minimum Gasteiger partial charge on any atom is -0.472 e. The van der Waals surface area contributed by atoms with Crippen LogP contribution in [0, 0.1) is 0 Å². The lowest BCUT2D eigenvalue weighted by molar-refractivity contribution is 0.0992. The number of Topliss-reactive ketones (excluding diaryl/α,β-unsaturated/α-hetero) is 1. The van der Waals surface area contributed by atoms with E-state index in [1.807, 2.05) is 12.1 Å². The van der Waals surface area contributed by atoms with Gasteiger partial charge in [0.15, 0.2) is 5.78 Å². The van der Waals surface area contributed by atoms with Crippen LogP contribution in [-0.4, -0.2) is 5.78 Å². The van der Waals surface area contributed by atoms with Crippen molar-refractivity contribution in [1.29, 1.82) is 0 Å². The van der Waals surface area contributed by atoms with Gasteiger partial charge in [-0.3, -0.25) is 4.79 Å². The summed E-state index contributed by atoms with van der Waals surface area (Å²) in [6, 6.07) is 7.95. The predicted octanol–water partition coefficient (Wildman–Crippen LogP) is 3.19. The Hall–Kier alpha value is -1.83. The van der Waals surface area contributed by atoms with Crippen LogP contribution in [0.2, 0.25) is 0 Å². The highest BCUT2D eigenvalue weighted by Gasteiger charge is 2.14. The Balaban J connectivity index is 1.82. The molecule has 0 bridgehead atoms. The fourth-order valence-corrected chi connectivity index (χ4v) is 2.43. The summed E-state index contributed by atoms with van der Waals surface area (Å²) in [6.07, 6.45) is 7.15. The molecule has 86 valence electrons. The SMILES string of the molecule is O=C(Cc1ccoc1)c1ccc2c(c1)CCC2. The molecule has 0 fully saturated rings. The van der Waals surface area contributed by atoms with Crippen LogP contribution >= 0.6 is 0 Å². The van der Waals surface area contributed by atoms with E-state index >= 15 is 0 Å². The summed E-state index contributed by atoms with van der Waals surface area (Å²) in [5, 5.41) is 0. The van der Waals surface area contributed by atoms with Crippen LogP contribution in [0.15, 0.2) is 41.2 Å². The van der Waals surface area contributed by atoms with Crippen LogP contribution in [0.25, 0.3) is 0 Å². The molecule has 0 saturated heterocycles. The molecule has 0 amide bonds. The summed E-state index contributed by atoms with van der Waals surface area (Å²) < 4.78 is 4.97. The molecule has 2 nitrogen and oxygen atoms in total. The molecule has 0 atom stereocenters. The van der Waals surface area contributed by atoms with Gasteiger partial charge < -0.3 is 4.42 Å². The fraction of sp³-hybridized carbons (Fsp3) is 0.267. The van der Waals surface area contributed by atoms with E-state index in [-0.39, 0.29) is 5.78 Å². The molecule has 0 radical (unpaired) electrons. The van der Waals surface area contributed by atoms with E-state index in [1.54, 1.807) is 12.5 Å². The van der Waals surface area contributed by atoms with Gasteiger partial charge in [-0.15, -0.1) is 0 Å². The molecule has 1 aliphatic rings. The lowest BCUT2D eigenvalue weighted by Gasteiger charge is -2.03. The fourth-order valence-electron chi connectivity index (χ4n) is 2.43. The second kappa shape index (κ2) is 4.21. The Bertz CT molecular complexity index is 538. The average molecular weight is 226 g/mol. The van der Waals surface area contributed by atoms with Crippen LogP contribution in [0.4, 0.5) is 0 Å². The number of benzene rings is 1. The second-order valence-corrected chi connectivity index (χ2v) is 4.57. The number of carbonyl (C=O) groups excluding carboxylic acids is 1. The average Bonchev–Trinajstić information content (AvgIpc) is 2.97. The molecule has 1 aromatic heterocycles. The van der Waals surface area contributed by atoms with Crippen LogP contribution in [0.1, 0.15) is 33.5 Å². The summed E-state index contributed by atoms with van der Waals surface area (Å²) in [5.41, 5.74) is 4.52. The number of ketones is 1. The van der Waals surface area contributed by atoms with Gasteiger partial charge in [-0.2, -0.15) is 0 Å². The molecule has 1 aliphatic carbocycles. The molecule has 1 heterocycles. The standard InChI is InChI=1S/C15H14O2/c16-15(8-11-6-7-17-10-11)14-5-4-12-2-1-3-13(12)9-14/h4-7,9-10H,1-3,8H2. The summed E-state index contributed by atoms with van der Waals surface area (Å²) in [4.78, 5) is 12.1. The van der Waals surface area contributed by atoms with Crippen molar-refractivity contribution < 1.29 is 9.21 Å². The first-order chi connectivity index (χ1) is 8.33. The van der Waals surface area contributed by atoms with Gasteiger partial charge in [0.25, 0.3) is 0 Å². The van der Waals surface area contributed by atoms with Gasteiger partial charge in [-0.1, -0.05) is 12.1 Å². The van der Waals surface area contributed by atoms with Crippen molar-refractivity contribution in [3.05, 3.63) is 59.0 Å². The van der Waals surface area contributed by atoms with Crippen molar-refractivity contribution in [2.45, 2.75) is 25.7 Å². The number of fused-ring (bicyclic) bond motifs is 1. The van der Waals surface area contributed by atoms with E-state index in [4.69, 9.17) is 4.42 Å². The van der Waals surface area contributed by atoms with E-state index in [0.717, 1.165) is 24.0 Å². The number of hydrogen-bond acceptors (Lipinski definition) is 2. The van der Waals surface area contributed by atoms with E-state index in [0.29, 0.717) is 6.42 Å². The quantitative estimate of drug-likeness (QED) is 0.752. The van der Waals surface area contributed by atoms with Crippen molar-refractivity contribution in [2.75, 3.05) is 0 Å². The minimum atomic E-state index is 0.168. The van der Waals surface area contributed by atoms with Crippen LogP contribution < -0.4 is 0 Å². The maximum atomic E-state index is 12.1. The lowest BCUT2D eigenvalue weighted by Crippen LogP contribution is -2.03. The van der Waals surface area contributed by atoms with Gasteiger partial charge in [-0.05, 0) is 48.1 Å². The van der Waals surface area contributed by atoms with Gasteiger partial charge >= 0.3 is 0 Å². The lowest BCUT2D eigenvalue weighted by atomic mass is 10.0. The number of furan rings is 1. The zero-order valence-corrected chi connectivity index (χ0v) is 9.61. The van der Waals surface area contributed by atoms with Gasteiger partial charge in [0.2, 0.25) is 0 Å². The molecule has 3 rings (SSSR count). The van der Waals surface area contributed by atoms with Crippen LogP contribution in [-0.2, 0) is 19.3 Å². The smallest absolute Gasteiger partial charge is 0.167 e. The summed E-state index contributed by atoms with van der Waals surface area (Å²) in [6.45, 7) is 0. The monoisotopic (exact) mass is 226 g/mol. The zero-order chi connectivity index (χ0) is 11.7. The van der Waals surface area contributed by atoms with E-state index in [1.165, 1.54) is 17.5 Å². The second-order valence-electron chi connectivity index (χ2n) is 4.57. The summed E-state index contributed by atoms with van der Waals surface area (Å²) in [7, 11) is 0. The summed E-state index contributed by atoms with van der Waals surface area (Å²) in [5.74, 6) is 0.168. The maximum absolute atomic E-state index is 12.1. The Labute approximate surface area is 100 Å². The minimum absolute atomic E-state index is 0.168.